The molecular formula is C9H13N3O2S. The number of nitrogens with one attached hydrogen (secondary N) is 1. The molecule has 1 aromatic heterocycles. The molecule has 2 heterocycles. The second-order valence-corrected chi connectivity index (χ2v) is 4.66. The number of carboxylic acid groups (broad SMARTS) is 1. The van der Waals surface area contributed by atoms with Gasteiger partial charge in [-0.3, -0.25) is 14.8 Å². The highest BCUT2D eigenvalue weighted by atomic mass is 32.2. The maximum absolute atomic E-state index is 11.0. The lowest BCUT2D eigenvalue weighted by Gasteiger charge is -2.31. The standard InChI is InChI=1S/C9H13N3O2S/c13-9(14)8-6-15-2-1-12(8)5-7-3-10-11-4-7/h3-4,8H,1-2,5-6H2,(H,10,11)(H,13,14). The first-order chi connectivity index (χ1) is 7.27. The molecule has 0 spiro atoms. The zero-order chi connectivity index (χ0) is 10.7. The van der Waals surface area contributed by atoms with Crippen LogP contribution in [0.25, 0.3) is 0 Å². The van der Waals surface area contributed by atoms with Crippen molar-refractivity contribution in [2.45, 2.75) is 12.6 Å². The van der Waals surface area contributed by atoms with Crippen molar-refractivity contribution in [3.63, 3.8) is 0 Å². The number of aliphatic carboxylic acids is 1. The average Bonchev–Trinajstić information content (AvgIpc) is 2.71. The fraction of sp³-hybridized carbons (Fsp3) is 0.556. The van der Waals surface area contributed by atoms with Gasteiger partial charge in [0.05, 0.1) is 6.20 Å². The normalized spacial score (nSPS) is 22.8. The molecule has 1 aromatic rings. The third kappa shape index (κ3) is 2.51. The van der Waals surface area contributed by atoms with Crippen molar-refractivity contribution in [3.8, 4) is 0 Å². The van der Waals surface area contributed by atoms with Crippen LogP contribution in [-0.2, 0) is 11.3 Å². The van der Waals surface area contributed by atoms with Gasteiger partial charge in [0.2, 0.25) is 0 Å². The number of aromatic nitrogens is 2. The Kier molecular flexibility index (Phi) is 3.27. The molecule has 82 valence electrons. The lowest BCUT2D eigenvalue weighted by molar-refractivity contribution is -0.142. The summed E-state index contributed by atoms with van der Waals surface area (Å²) in [5.74, 6) is 0.945. The predicted octanol–water partition coefficient (Wildman–Crippen LogP) is 0.412. The van der Waals surface area contributed by atoms with E-state index in [-0.39, 0.29) is 6.04 Å². The first-order valence-electron chi connectivity index (χ1n) is 4.79. The molecule has 0 aromatic carbocycles. The van der Waals surface area contributed by atoms with Crippen molar-refractivity contribution in [1.82, 2.24) is 15.1 Å². The summed E-state index contributed by atoms with van der Waals surface area (Å²) in [6.45, 7) is 1.49. The summed E-state index contributed by atoms with van der Waals surface area (Å²) in [5, 5.41) is 15.6. The van der Waals surface area contributed by atoms with Gasteiger partial charge in [0.25, 0.3) is 0 Å². The molecule has 1 unspecified atom stereocenters. The van der Waals surface area contributed by atoms with Crippen molar-refractivity contribution in [2.75, 3.05) is 18.1 Å². The van der Waals surface area contributed by atoms with E-state index in [1.54, 1.807) is 24.2 Å². The number of hydrogen-bond acceptors (Lipinski definition) is 4. The van der Waals surface area contributed by atoms with Crippen LogP contribution in [0.5, 0.6) is 0 Å². The minimum Gasteiger partial charge on any atom is -0.480 e. The SMILES string of the molecule is O=C(O)C1CSCCN1Cc1cn[nH]c1. The van der Waals surface area contributed by atoms with Gasteiger partial charge in [-0.1, -0.05) is 0 Å². The summed E-state index contributed by atoms with van der Waals surface area (Å²) in [5.41, 5.74) is 1.04. The Morgan fingerprint density at radius 2 is 2.67 bits per heavy atom. The summed E-state index contributed by atoms with van der Waals surface area (Å²) in [7, 11) is 0. The quantitative estimate of drug-likeness (QED) is 0.783. The van der Waals surface area contributed by atoms with E-state index in [9.17, 15) is 4.79 Å². The van der Waals surface area contributed by atoms with Crippen molar-refractivity contribution in [3.05, 3.63) is 18.0 Å². The second-order valence-electron chi connectivity index (χ2n) is 3.51. The summed E-state index contributed by atoms with van der Waals surface area (Å²) in [6, 6.07) is -0.362. The Hall–Kier alpha value is -1.01. The first kappa shape index (κ1) is 10.5. The van der Waals surface area contributed by atoms with Gasteiger partial charge in [0.1, 0.15) is 6.04 Å². The zero-order valence-corrected chi connectivity index (χ0v) is 9.04. The van der Waals surface area contributed by atoms with Gasteiger partial charge in [-0.05, 0) is 0 Å². The Labute approximate surface area is 91.9 Å². The van der Waals surface area contributed by atoms with Gasteiger partial charge in [-0.25, -0.2) is 0 Å². The van der Waals surface area contributed by atoms with Crippen LogP contribution < -0.4 is 0 Å². The smallest absolute Gasteiger partial charge is 0.321 e. The first-order valence-corrected chi connectivity index (χ1v) is 5.95. The molecule has 1 saturated heterocycles. The van der Waals surface area contributed by atoms with E-state index in [2.05, 4.69) is 10.2 Å². The number of hydrogen-bond donors (Lipinski definition) is 2. The largest absolute Gasteiger partial charge is 0.480 e. The molecule has 1 aliphatic heterocycles. The molecule has 2 N–H and O–H groups in total. The third-order valence-corrected chi connectivity index (χ3v) is 3.49. The third-order valence-electron chi connectivity index (χ3n) is 2.46. The van der Waals surface area contributed by atoms with Gasteiger partial charge >= 0.3 is 5.97 Å². The molecule has 0 aliphatic carbocycles. The Bertz CT molecular complexity index is 328. The number of H-pyrrole nitrogens is 1. The van der Waals surface area contributed by atoms with Crippen molar-refractivity contribution in [2.24, 2.45) is 0 Å². The Morgan fingerprint density at radius 1 is 1.80 bits per heavy atom. The van der Waals surface area contributed by atoms with E-state index in [1.807, 2.05) is 4.90 Å². The van der Waals surface area contributed by atoms with E-state index < -0.39 is 5.97 Å². The average molecular weight is 227 g/mol. The number of aromatic amines is 1. The monoisotopic (exact) mass is 227 g/mol. The summed E-state index contributed by atoms with van der Waals surface area (Å²) in [6.07, 6.45) is 3.54. The number of carboxylic acids is 1. The molecule has 1 fully saturated rings. The highest BCUT2D eigenvalue weighted by Gasteiger charge is 2.28. The predicted molar refractivity (Wildman–Crippen MR) is 57.7 cm³/mol. The number of rotatable bonds is 3. The molecular weight excluding hydrogens is 214 g/mol. The van der Waals surface area contributed by atoms with Crippen LogP contribution in [0.2, 0.25) is 0 Å². The van der Waals surface area contributed by atoms with Gasteiger partial charge in [0, 0.05) is 36.4 Å². The lowest BCUT2D eigenvalue weighted by Crippen LogP contribution is -2.46. The fourth-order valence-corrected chi connectivity index (χ4v) is 2.76. The van der Waals surface area contributed by atoms with Gasteiger partial charge < -0.3 is 5.11 Å². The molecule has 1 aliphatic rings. The molecule has 2 rings (SSSR count). The molecule has 15 heavy (non-hydrogen) atoms. The summed E-state index contributed by atoms with van der Waals surface area (Å²) in [4.78, 5) is 13.0. The van der Waals surface area contributed by atoms with E-state index in [0.717, 1.165) is 17.9 Å². The molecule has 6 heteroatoms. The van der Waals surface area contributed by atoms with Crippen molar-refractivity contribution in [1.29, 1.82) is 0 Å². The maximum Gasteiger partial charge on any atom is 0.321 e. The van der Waals surface area contributed by atoms with Crippen molar-refractivity contribution >= 4 is 17.7 Å². The summed E-state index contributed by atoms with van der Waals surface area (Å²) < 4.78 is 0. The van der Waals surface area contributed by atoms with Crippen LogP contribution in [0.3, 0.4) is 0 Å². The van der Waals surface area contributed by atoms with Crippen LogP contribution in [0.15, 0.2) is 12.4 Å². The van der Waals surface area contributed by atoms with Gasteiger partial charge in [-0.2, -0.15) is 16.9 Å². The fourth-order valence-electron chi connectivity index (χ4n) is 1.65. The van der Waals surface area contributed by atoms with E-state index in [4.69, 9.17) is 5.11 Å². The van der Waals surface area contributed by atoms with E-state index in [1.165, 1.54) is 0 Å². The van der Waals surface area contributed by atoms with Gasteiger partial charge in [0.15, 0.2) is 0 Å². The lowest BCUT2D eigenvalue weighted by atomic mass is 10.2. The maximum atomic E-state index is 11.0. The zero-order valence-electron chi connectivity index (χ0n) is 8.22. The van der Waals surface area contributed by atoms with Crippen LogP contribution in [0, 0.1) is 0 Å². The van der Waals surface area contributed by atoms with Crippen LogP contribution in [0.4, 0.5) is 0 Å². The molecule has 1 atom stereocenters. The Balaban J connectivity index is 2.02. The molecule has 5 nitrogen and oxygen atoms in total. The number of carbonyl (C=O) groups is 1. The molecule has 0 bridgehead atoms. The highest BCUT2D eigenvalue weighted by molar-refractivity contribution is 7.99. The van der Waals surface area contributed by atoms with Crippen molar-refractivity contribution < 1.29 is 9.90 Å². The Morgan fingerprint density at radius 3 is 3.33 bits per heavy atom. The topological polar surface area (TPSA) is 69.2 Å². The minimum absolute atomic E-state index is 0.362. The van der Waals surface area contributed by atoms with Crippen LogP contribution >= 0.6 is 11.8 Å². The number of nitrogens with zero attached hydrogens (tertiary/aromatic N) is 2. The molecule has 0 saturated carbocycles. The summed E-state index contributed by atoms with van der Waals surface area (Å²) >= 11 is 1.70. The van der Waals surface area contributed by atoms with E-state index >= 15 is 0 Å². The highest BCUT2D eigenvalue weighted by Crippen LogP contribution is 2.18. The van der Waals surface area contributed by atoms with Gasteiger partial charge in [-0.15, -0.1) is 0 Å². The molecule has 0 amide bonds. The second kappa shape index (κ2) is 4.67. The van der Waals surface area contributed by atoms with E-state index in [0.29, 0.717) is 12.3 Å². The minimum atomic E-state index is -0.731. The van der Waals surface area contributed by atoms with Crippen LogP contribution in [0.1, 0.15) is 5.56 Å². The van der Waals surface area contributed by atoms with Crippen LogP contribution in [-0.4, -0.2) is 50.3 Å². The number of thioether (sulfide) groups is 1. The molecule has 0 radical (unpaired) electrons.